The van der Waals surface area contributed by atoms with Crippen LogP contribution in [0.4, 0.5) is 0 Å². The lowest BCUT2D eigenvalue weighted by Crippen LogP contribution is -2.50. The zero-order chi connectivity index (χ0) is 20.8. The number of amides is 2. The summed E-state index contributed by atoms with van der Waals surface area (Å²) in [5, 5.41) is 3.76. The molecule has 1 N–H and O–H groups in total. The van der Waals surface area contributed by atoms with E-state index < -0.39 is 6.04 Å². The summed E-state index contributed by atoms with van der Waals surface area (Å²) >= 11 is 9.39. The molecule has 0 saturated heterocycles. The third-order valence-electron chi connectivity index (χ3n) is 5.40. The molecule has 1 atom stereocenters. The van der Waals surface area contributed by atoms with Gasteiger partial charge < -0.3 is 10.2 Å². The summed E-state index contributed by atoms with van der Waals surface area (Å²) in [7, 11) is 0. The van der Waals surface area contributed by atoms with Crippen LogP contribution in [0.25, 0.3) is 0 Å². The highest BCUT2D eigenvalue weighted by Crippen LogP contribution is 2.19. The van der Waals surface area contributed by atoms with E-state index in [1.807, 2.05) is 43.3 Å². The number of rotatable bonds is 7. The molecule has 1 fully saturated rings. The predicted octanol–water partition coefficient (Wildman–Crippen LogP) is 5.12. The number of nitrogens with one attached hydrogen (secondary N) is 1. The van der Waals surface area contributed by atoms with E-state index >= 15 is 0 Å². The molecule has 1 saturated carbocycles. The second kappa shape index (κ2) is 10.3. The van der Waals surface area contributed by atoms with Crippen LogP contribution in [0.2, 0.25) is 5.02 Å². The van der Waals surface area contributed by atoms with Gasteiger partial charge in [-0.25, -0.2) is 0 Å². The van der Waals surface area contributed by atoms with Crippen LogP contribution in [0.5, 0.6) is 0 Å². The zero-order valence-electron chi connectivity index (χ0n) is 16.5. The summed E-state index contributed by atoms with van der Waals surface area (Å²) in [6, 6.07) is 14.8. The first kappa shape index (κ1) is 21.8. The topological polar surface area (TPSA) is 49.4 Å². The maximum absolute atomic E-state index is 13.2. The second-order valence-corrected chi connectivity index (χ2v) is 8.97. The molecule has 0 aromatic heterocycles. The van der Waals surface area contributed by atoms with E-state index in [1.165, 1.54) is 0 Å². The van der Waals surface area contributed by atoms with Gasteiger partial charge in [0.05, 0.1) is 6.42 Å². The largest absolute Gasteiger partial charge is 0.352 e. The van der Waals surface area contributed by atoms with Crippen LogP contribution in [0.1, 0.15) is 43.7 Å². The fourth-order valence-corrected chi connectivity index (χ4v) is 4.03. The molecule has 154 valence electrons. The molecule has 0 unspecified atom stereocenters. The van der Waals surface area contributed by atoms with Crippen molar-refractivity contribution in [2.45, 2.75) is 57.7 Å². The average molecular weight is 478 g/mol. The van der Waals surface area contributed by atoms with E-state index in [2.05, 4.69) is 21.2 Å². The molecule has 4 nitrogen and oxygen atoms in total. The number of hydrogen-bond donors (Lipinski definition) is 1. The Labute approximate surface area is 185 Å². The van der Waals surface area contributed by atoms with E-state index in [0.29, 0.717) is 11.6 Å². The minimum absolute atomic E-state index is 0.0793. The molecular weight excluding hydrogens is 452 g/mol. The van der Waals surface area contributed by atoms with Gasteiger partial charge in [0.2, 0.25) is 11.8 Å². The van der Waals surface area contributed by atoms with Crippen LogP contribution >= 0.6 is 27.5 Å². The monoisotopic (exact) mass is 476 g/mol. The zero-order valence-corrected chi connectivity index (χ0v) is 18.9. The molecule has 0 aliphatic heterocycles. The van der Waals surface area contributed by atoms with Gasteiger partial charge >= 0.3 is 0 Å². The van der Waals surface area contributed by atoms with Crippen LogP contribution in [0.3, 0.4) is 0 Å². The molecule has 0 radical (unpaired) electrons. The maximum Gasteiger partial charge on any atom is 0.242 e. The van der Waals surface area contributed by atoms with Gasteiger partial charge in [-0.15, -0.1) is 0 Å². The van der Waals surface area contributed by atoms with Gasteiger partial charge in [-0.05, 0) is 55.2 Å². The standard InChI is InChI=1S/C23H26BrClN2O2/c1-16(23(29)26-21-4-2-3-5-21)27(15-18-6-10-19(24)11-7-18)22(28)14-17-8-12-20(25)13-9-17/h6-13,16,21H,2-5,14-15H2,1H3,(H,26,29)/t16-/m1/s1. The van der Waals surface area contributed by atoms with Crippen molar-refractivity contribution in [1.29, 1.82) is 0 Å². The molecule has 0 bridgehead atoms. The molecule has 2 aromatic rings. The highest BCUT2D eigenvalue weighted by atomic mass is 79.9. The van der Waals surface area contributed by atoms with Crippen molar-refractivity contribution < 1.29 is 9.59 Å². The van der Waals surface area contributed by atoms with E-state index in [0.717, 1.165) is 41.3 Å². The lowest BCUT2D eigenvalue weighted by molar-refractivity contribution is -0.140. The normalized spacial score (nSPS) is 15.1. The Balaban J connectivity index is 1.75. The van der Waals surface area contributed by atoms with Crippen molar-refractivity contribution in [1.82, 2.24) is 10.2 Å². The first-order valence-electron chi connectivity index (χ1n) is 10.0. The third-order valence-corrected chi connectivity index (χ3v) is 6.18. The highest BCUT2D eigenvalue weighted by Gasteiger charge is 2.28. The van der Waals surface area contributed by atoms with Gasteiger partial charge in [-0.3, -0.25) is 9.59 Å². The lowest BCUT2D eigenvalue weighted by Gasteiger charge is -2.30. The van der Waals surface area contributed by atoms with E-state index in [9.17, 15) is 9.59 Å². The maximum atomic E-state index is 13.2. The van der Waals surface area contributed by atoms with Gasteiger partial charge in [0.1, 0.15) is 6.04 Å². The molecule has 2 amide bonds. The Morgan fingerprint density at radius 1 is 1.07 bits per heavy atom. The van der Waals surface area contributed by atoms with Crippen LogP contribution in [0.15, 0.2) is 53.0 Å². The summed E-state index contributed by atoms with van der Waals surface area (Å²) in [6.07, 6.45) is 4.57. The van der Waals surface area contributed by atoms with E-state index in [4.69, 9.17) is 11.6 Å². The van der Waals surface area contributed by atoms with Gasteiger partial charge in [-0.2, -0.15) is 0 Å². The highest BCUT2D eigenvalue weighted by molar-refractivity contribution is 9.10. The molecule has 0 heterocycles. The molecular formula is C23H26BrClN2O2. The Bertz CT molecular complexity index is 833. The summed E-state index contributed by atoms with van der Waals surface area (Å²) in [5.41, 5.74) is 1.86. The number of halogens is 2. The number of benzene rings is 2. The number of nitrogens with zero attached hydrogens (tertiary/aromatic N) is 1. The Morgan fingerprint density at radius 2 is 1.66 bits per heavy atom. The summed E-state index contributed by atoms with van der Waals surface area (Å²) in [5.74, 6) is -0.164. The number of carbonyl (C=O) groups excluding carboxylic acids is 2. The molecule has 3 rings (SSSR count). The van der Waals surface area contributed by atoms with Crippen molar-refractivity contribution in [3.63, 3.8) is 0 Å². The SMILES string of the molecule is C[C@H](C(=O)NC1CCCC1)N(Cc1ccc(Br)cc1)C(=O)Cc1ccc(Cl)cc1. The van der Waals surface area contributed by atoms with Crippen molar-refractivity contribution in [2.24, 2.45) is 0 Å². The van der Waals surface area contributed by atoms with Crippen molar-refractivity contribution in [2.75, 3.05) is 0 Å². The minimum Gasteiger partial charge on any atom is -0.352 e. The average Bonchev–Trinajstić information content (AvgIpc) is 3.21. The lowest BCUT2D eigenvalue weighted by atomic mass is 10.1. The second-order valence-electron chi connectivity index (χ2n) is 7.62. The van der Waals surface area contributed by atoms with Crippen molar-refractivity contribution >= 4 is 39.3 Å². The first-order valence-corrected chi connectivity index (χ1v) is 11.2. The fourth-order valence-electron chi connectivity index (χ4n) is 3.64. The number of carbonyl (C=O) groups is 2. The van der Waals surface area contributed by atoms with Gasteiger partial charge in [0.25, 0.3) is 0 Å². The fraction of sp³-hybridized carbons (Fsp3) is 0.391. The van der Waals surface area contributed by atoms with Crippen molar-refractivity contribution in [3.05, 3.63) is 69.2 Å². The van der Waals surface area contributed by atoms with Crippen LogP contribution < -0.4 is 5.32 Å². The molecule has 0 spiro atoms. The third kappa shape index (κ3) is 6.31. The minimum atomic E-state index is -0.543. The summed E-state index contributed by atoms with van der Waals surface area (Å²) < 4.78 is 0.979. The van der Waals surface area contributed by atoms with Crippen molar-refractivity contribution in [3.8, 4) is 0 Å². The Hall–Kier alpha value is -1.85. The van der Waals surface area contributed by atoms with Gasteiger partial charge in [-0.1, -0.05) is 64.6 Å². The predicted molar refractivity (Wildman–Crippen MR) is 120 cm³/mol. The quantitative estimate of drug-likeness (QED) is 0.601. The Kier molecular flexibility index (Phi) is 7.73. The first-order chi connectivity index (χ1) is 13.9. The number of hydrogen-bond acceptors (Lipinski definition) is 2. The molecule has 2 aromatic carbocycles. The Morgan fingerprint density at radius 3 is 2.28 bits per heavy atom. The van der Waals surface area contributed by atoms with Gasteiger partial charge in [0.15, 0.2) is 0 Å². The summed E-state index contributed by atoms with van der Waals surface area (Å²) in [6.45, 7) is 2.20. The van der Waals surface area contributed by atoms with E-state index in [1.54, 1.807) is 17.0 Å². The van der Waals surface area contributed by atoms with E-state index in [-0.39, 0.29) is 24.3 Å². The molecule has 1 aliphatic carbocycles. The smallest absolute Gasteiger partial charge is 0.242 e. The molecule has 1 aliphatic rings. The summed E-state index contributed by atoms with van der Waals surface area (Å²) in [4.78, 5) is 27.7. The molecule has 6 heteroatoms. The van der Waals surface area contributed by atoms with Crippen LogP contribution in [0, 0.1) is 0 Å². The van der Waals surface area contributed by atoms with Gasteiger partial charge in [0, 0.05) is 22.1 Å². The van der Waals surface area contributed by atoms with Crippen LogP contribution in [-0.4, -0.2) is 28.8 Å². The van der Waals surface area contributed by atoms with Crippen LogP contribution in [-0.2, 0) is 22.6 Å². The molecule has 29 heavy (non-hydrogen) atoms.